The number of ketones is 2. The lowest BCUT2D eigenvalue weighted by atomic mass is 9.95. The van der Waals surface area contributed by atoms with E-state index in [2.05, 4.69) is 0 Å². The molecule has 3 aromatic carbocycles. The molecule has 3 nitrogen and oxygen atoms in total. The number of hydrogen-bond donors (Lipinski definition) is 1. The van der Waals surface area contributed by atoms with Gasteiger partial charge in [-0.3, -0.25) is 9.59 Å². The third-order valence-corrected chi connectivity index (χ3v) is 3.61. The summed E-state index contributed by atoms with van der Waals surface area (Å²) in [6.07, 6.45) is 2.62. The van der Waals surface area contributed by atoms with Gasteiger partial charge in [-0.05, 0) is 23.6 Å². The summed E-state index contributed by atoms with van der Waals surface area (Å²) >= 11 is 0. The molecular formula is C20H14O3. The first-order valence-corrected chi connectivity index (χ1v) is 7.19. The van der Waals surface area contributed by atoms with Crippen LogP contribution < -0.4 is 0 Å². The molecule has 0 bridgehead atoms. The van der Waals surface area contributed by atoms with Gasteiger partial charge in [0.2, 0.25) is 0 Å². The smallest absolute Gasteiger partial charge is 0.186 e. The summed E-state index contributed by atoms with van der Waals surface area (Å²) in [6.45, 7) is 0. The first-order chi connectivity index (χ1) is 11.2. The molecule has 3 aromatic rings. The van der Waals surface area contributed by atoms with Crippen LogP contribution in [0, 0.1) is 0 Å². The van der Waals surface area contributed by atoms with E-state index in [1.165, 1.54) is 12.2 Å². The lowest BCUT2D eigenvalue weighted by molar-refractivity contribution is 0.0994. The van der Waals surface area contributed by atoms with Crippen LogP contribution >= 0.6 is 0 Å². The van der Waals surface area contributed by atoms with E-state index < -0.39 is 0 Å². The quantitative estimate of drug-likeness (QED) is 0.678. The second kappa shape index (κ2) is 6.28. The molecule has 0 fully saturated rings. The van der Waals surface area contributed by atoms with Crippen LogP contribution in [0.2, 0.25) is 0 Å². The molecule has 0 heterocycles. The standard InChI is InChI=1S/C10H6O2.C10H8O/c11-9-5-6-10(12)8-4-2-1-3-7(8)9;11-10-7-3-5-8-4-1-2-6-9(8)10/h1-6H;1-7,11H. The van der Waals surface area contributed by atoms with Gasteiger partial charge in [0, 0.05) is 16.5 Å². The fourth-order valence-electron chi connectivity index (χ4n) is 2.45. The van der Waals surface area contributed by atoms with E-state index in [0.717, 1.165) is 10.8 Å². The Bertz CT molecular complexity index is 881. The largest absolute Gasteiger partial charge is 0.507 e. The normalized spacial score (nSPS) is 12.5. The van der Waals surface area contributed by atoms with Crippen molar-refractivity contribution in [3.8, 4) is 5.75 Å². The average molecular weight is 302 g/mol. The van der Waals surface area contributed by atoms with Crippen molar-refractivity contribution in [2.75, 3.05) is 0 Å². The third kappa shape index (κ3) is 3.04. The van der Waals surface area contributed by atoms with Gasteiger partial charge < -0.3 is 5.11 Å². The van der Waals surface area contributed by atoms with Crippen molar-refractivity contribution in [3.05, 3.63) is 90.0 Å². The topological polar surface area (TPSA) is 54.4 Å². The number of fused-ring (bicyclic) bond motifs is 2. The summed E-state index contributed by atoms with van der Waals surface area (Å²) in [6, 6.07) is 20.1. The number of rotatable bonds is 0. The lowest BCUT2D eigenvalue weighted by Crippen LogP contribution is -2.10. The van der Waals surface area contributed by atoms with Crippen molar-refractivity contribution >= 4 is 22.3 Å². The Balaban J connectivity index is 0.000000136. The number of allylic oxidation sites excluding steroid dienone is 2. The Kier molecular flexibility index (Phi) is 4.02. The Morgan fingerprint density at radius 2 is 1.13 bits per heavy atom. The summed E-state index contributed by atoms with van der Waals surface area (Å²) in [5.41, 5.74) is 1.01. The Hall–Kier alpha value is -3.20. The monoisotopic (exact) mass is 302 g/mol. The van der Waals surface area contributed by atoms with Gasteiger partial charge in [0.15, 0.2) is 11.6 Å². The zero-order chi connectivity index (χ0) is 16.2. The van der Waals surface area contributed by atoms with Crippen LogP contribution in [-0.4, -0.2) is 16.7 Å². The van der Waals surface area contributed by atoms with E-state index in [1.807, 2.05) is 36.4 Å². The molecule has 0 aliphatic heterocycles. The first kappa shape index (κ1) is 14.7. The number of phenolic OH excluding ortho intramolecular Hbond substituents is 1. The predicted octanol–water partition coefficient (Wildman–Crippen LogP) is 4.17. The second-order valence-corrected chi connectivity index (χ2v) is 5.11. The van der Waals surface area contributed by atoms with Crippen LogP contribution in [-0.2, 0) is 0 Å². The summed E-state index contributed by atoms with van der Waals surface area (Å²) in [7, 11) is 0. The Morgan fingerprint density at radius 3 is 1.74 bits per heavy atom. The SMILES string of the molecule is O=C1C=CC(=O)c2ccccc21.Oc1cccc2ccccc12. The highest BCUT2D eigenvalue weighted by Gasteiger charge is 2.16. The average Bonchev–Trinajstić information content (AvgIpc) is 2.60. The van der Waals surface area contributed by atoms with Gasteiger partial charge >= 0.3 is 0 Å². The molecule has 0 radical (unpaired) electrons. The van der Waals surface area contributed by atoms with Crippen LogP contribution in [0.25, 0.3) is 10.8 Å². The van der Waals surface area contributed by atoms with Gasteiger partial charge in [-0.25, -0.2) is 0 Å². The van der Waals surface area contributed by atoms with Crippen molar-refractivity contribution < 1.29 is 14.7 Å². The molecule has 0 saturated heterocycles. The minimum absolute atomic E-state index is 0.0924. The number of carbonyl (C=O) groups excluding carboxylic acids is 2. The van der Waals surface area contributed by atoms with Crippen molar-refractivity contribution in [1.82, 2.24) is 0 Å². The molecule has 0 aromatic heterocycles. The highest BCUT2D eigenvalue weighted by atomic mass is 16.3. The predicted molar refractivity (Wildman–Crippen MR) is 89.9 cm³/mol. The Morgan fingerprint density at radius 1 is 0.609 bits per heavy atom. The molecule has 1 aliphatic rings. The van der Waals surface area contributed by atoms with Gasteiger partial charge in [-0.2, -0.15) is 0 Å². The number of benzene rings is 3. The van der Waals surface area contributed by atoms with E-state index in [4.69, 9.17) is 0 Å². The number of aromatic hydroxyl groups is 1. The highest BCUT2D eigenvalue weighted by molar-refractivity contribution is 6.21. The maximum Gasteiger partial charge on any atom is 0.186 e. The fraction of sp³-hybridized carbons (Fsp3) is 0. The highest BCUT2D eigenvalue weighted by Crippen LogP contribution is 2.23. The maximum absolute atomic E-state index is 11.2. The minimum atomic E-state index is -0.0924. The molecule has 23 heavy (non-hydrogen) atoms. The molecule has 1 N–H and O–H groups in total. The van der Waals surface area contributed by atoms with Crippen molar-refractivity contribution in [1.29, 1.82) is 0 Å². The second-order valence-electron chi connectivity index (χ2n) is 5.11. The minimum Gasteiger partial charge on any atom is -0.507 e. The number of hydrogen-bond acceptors (Lipinski definition) is 3. The Labute approximate surface area is 133 Å². The van der Waals surface area contributed by atoms with Gasteiger partial charge in [0.25, 0.3) is 0 Å². The van der Waals surface area contributed by atoms with Crippen molar-refractivity contribution in [3.63, 3.8) is 0 Å². The van der Waals surface area contributed by atoms with E-state index in [-0.39, 0.29) is 11.6 Å². The van der Waals surface area contributed by atoms with E-state index in [0.29, 0.717) is 16.9 Å². The number of phenols is 1. The molecule has 0 saturated carbocycles. The molecule has 0 atom stereocenters. The van der Waals surface area contributed by atoms with Gasteiger partial charge in [-0.15, -0.1) is 0 Å². The van der Waals surface area contributed by atoms with Crippen molar-refractivity contribution in [2.24, 2.45) is 0 Å². The van der Waals surface area contributed by atoms with Crippen molar-refractivity contribution in [2.45, 2.75) is 0 Å². The van der Waals surface area contributed by atoms with Crippen LogP contribution in [0.3, 0.4) is 0 Å². The summed E-state index contributed by atoms with van der Waals surface area (Å²) in [5.74, 6) is 0.165. The van der Waals surface area contributed by atoms with E-state index in [9.17, 15) is 14.7 Å². The van der Waals surface area contributed by atoms with Gasteiger partial charge in [0.05, 0.1) is 0 Å². The van der Waals surface area contributed by atoms with Crippen LogP contribution in [0.15, 0.2) is 78.9 Å². The van der Waals surface area contributed by atoms with E-state index in [1.54, 1.807) is 30.3 Å². The van der Waals surface area contributed by atoms with Crippen LogP contribution in [0.5, 0.6) is 5.75 Å². The molecule has 4 rings (SSSR count). The molecule has 112 valence electrons. The summed E-state index contributed by atoms with van der Waals surface area (Å²) < 4.78 is 0. The zero-order valence-corrected chi connectivity index (χ0v) is 12.3. The van der Waals surface area contributed by atoms with Crippen LogP contribution in [0.1, 0.15) is 20.7 Å². The molecule has 1 aliphatic carbocycles. The molecule has 3 heteroatoms. The molecule has 0 amide bonds. The van der Waals surface area contributed by atoms with E-state index >= 15 is 0 Å². The lowest BCUT2D eigenvalue weighted by Gasteiger charge is -2.06. The molecule has 0 unspecified atom stereocenters. The fourth-order valence-corrected chi connectivity index (χ4v) is 2.45. The molecular weight excluding hydrogens is 288 g/mol. The summed E-state index contributed by atoms with van der Waals surface area (Å²) in [4.78, 5) is 22.4. The first-order valence-electron chi connectivity index (χ1n) is 7.19. The van der Waals surface area contributed by atoms with Crippen LogP contribution in [0.4, 0.5) is 0 Å². The summed E-state index contributed by atoms with van der Waals surface area (Å²) in [5, 5.41) is 11.4. The van der Waals surface area contributed by atoms with Gasteiger partial charge in [-0.1, -0.05) is 60.7 Å². The third-order valence-electron chi connectivity index (χ3n) is 3.61. The molecule has 0 spiro atoms. The maximum atomic E-state index is 11.2. The van der Waals surface area contributed by atoms with Gasteiger partial charge in [0.1, 0.15) is 5.75 Å². The number of carbonyl (C=O) groups is 2. The zero-order valence-electron chi connectivity index (χ0n) is 12.3.